The van der Waals surface area contributed by atoms with Crippen LogP contribution in [0.3, 0.4) is 0 Å². The molecule has 0 aliphatic carbocycles. The predicted molar refractivity (Wildman–Crippen MR) is 80.4 cm³/mol. The van der Waals surface area contributed by atoms with Crippen molar-refractivity contribution in [1.82, 2.24) is 4.90 Å². The highest BCUT2D eigenvalue weighted by Gasteiger charge is 2.49. The van der Waals surface area contributed by atoms with Gasteiger partial charge in [0.2, 0.25) is 5.91 Å². The molecule has 0 bridgehead atoms. The van der Waals surface area contributed by atoms with Crippen LogP contribution in [0.4, 0.5) is 0 Å². The van der Waals surface area contributed by atoms with Crippen LogP contribution in [-0.2, 0) is 20.7 Å². The van der Waals surface area contributed by atoms with Gasteiger partial charge in [-0.15, -0.1) is 0 Å². The number of amides is 1. The van der Waals surface area contributed by atoms with E-state index in [0.29, 0.717) is 26.2 Å². The van der Waals surface area contributed by atoms with Crippen LogP contribution in [0.2, 0.25) is 0 Å². The Kier molecular flexibility index (Phi) is 4.16. The minimum atomic E-state index is -0.898. The molecule has 1 aromatic rings. The standard InChI is InChI=1S/C17H21NO4/c19-15(10-13-4-2-1-3-5-13)18-12-17(6-8-22-9-7-17)11-14(18)16(20)21/h1-5,14H,6-12H2,(H,20,21). The first-order valence-electron chi connectivity index (χ1n) is 7.74. The van der Waals surface area contributed by atoms with Crippen LogP contribution in [0.5, 0.6) is 0 Å². The Hall–Kier alpha value is -1.88. The van der Waals surface area contributed by atoms with Crippen molar-refractivity contribution < 1.29 is 19.4 Å². The second-order valence-corrected chi connectivity index (χ2v) is 6.35. The Balaban J connectivity index is 1.75. The highest BCUT2D eigenvalue weighted by atomic mass is 16.5. The molecule has 3 rings (SSSR count). The molecule has 5 heteroatoms. The van der Waals surface area contributed by atoms with Crippen LogP contribution in [0.25, 0.3) is 0 Å². The third-order valence-electron chi connectivity index (χ3n) is 4.87. The van der Waals surface area contributed by atoms with Crippen molar-refractivity contribution >= 4 is 11.9 Å². The molecule has 118 valence electrons. The molecule has 1 atom stereocenters. The fourth-order valence-electron chi connectivity index (χ4n) is 3.58. The van der Waals surface area contributed by atoms with Gasteiger partial charge in [0.05, 0.1) is 6.42 Å². The van der Waals surface area contributed by atoms with Crippen molar-refractivity contribution in [3.63, 3.8) is 0 Å². The van der Waals surface area contributed by atoms with Crippen LogP contribution < -0.4 is 0 Å². The van der Waals surface area contributed by atoms with Gasteiger partial charge in [-0.05, 0) is 30.2 Å². The zero-order chi connectivity index (χ0) is 15.6. The van der Waals surface area contributed by atoms with Crippen molar-refractivity contribution in [1.29, 1.82) is 0 Å². The average molecular weight is 303 g/mol. The Morgan fingerprint density at radius 1 is 1.23 bits per heavy atom. The predicted octanol–water partition coefficient (Wildman–Crippen LogP) is 1.71. The van der Waals surface area contributed by atoms with E-state index < -0.39 is 12.0 Å². The van der Waals surface area contributed by atoms with E-state index in [-0.39, 0.29) is 17.7 Å². The Labute approximate surface area is 129 Å². The molecule has 0 saturated carbocycles. The van der Waals surface area contributed by atoms with Gasteiger partial charge < -0.3 is 14.7 Å². The monoisotopic (exact) mass is 303 g/mol. The number of ether oxygens (including phenoxy) is 1. The van der Waals surface area contributed by atoms with Gasteiger partial charge in [-0.2, -0.15) is 0 Å². The summed E-state index contributed by atoms with van der Waals surface area (Å²) < 4.78 is 5.39. The maximum Gasteiger partial charge on any atom is 0.326 e. The van der Waals surface area contributed by atoms with Gasteiger partial charge in [0.25, 0.3) is 0 Å². The Morgan fingerprint density at radius 2 is 1.91 bits per heavy atom. The second-order valence-electron chi connectivity index (χ2n) is 6.35. The van der Waals surface area contributed by atoms with E-state index >= 15 is 0 Å². The number of hydrogen-bond donors (Lipinski definition) is 1. The number of aliphatic carboxylic acids is 1. The van der Waals surface area contributed by atoms with Crippen molar-refractivity contribution in [2.24, 2.45) is 5.41 Å². The minimum Gasteiger partial charge on any atom is -0.480 e. The summed E-state index contributed by atoms with van der Waals surface area (Å²) in [4.78, 5) is 25.7. The lowest BCUT2D eigenvalue weighted by molar-refractivity contribution is -0.148. The summed E-state index contributed by atoms with van der Waals surface area (Å²) in [7, 11) is 0. The van der Waals surface area contributed by atoms with E-state index in [9.17, 15) is 14.7 Å². The lowest BCUT2D eigenvalue weighted by Gasteiger charge is -2.32. The number of benzene rings is 1. The summed E-state index contributed by atoms with van der Waals surface area (Å²) in [6.07, 6.45) is 2.49. The molecule has 0 radical (unpaired) electrons. The Bertz CT molecular complexity index is 551. The lowest BCUT2D eigenvalue weighted by Crippen LogP contribution is -2.41. The van der Waals surface area contributed by atoms with Crippen LogP contribution in [0.1, 0.15) is 24.8 Å². The van der Waals surface area contributed by atoms with Gasteiger partial charge in [0, 0.05) is 19.8 Å². The summed E-state index contributed by atoms with van der Waals surface area (Å²) in [5.74, 6) is -0.994. The number of likely N-dealkylation sites (tertiary alicyclic amines) is 1. The third kappa shape index (κ3) is 2.99. The van der Waals surface area contributed by atoms with Gasteiger partial charge >= 0.3 is 5.97 Å². The minimum absolute atomic E-state index is 0.0757. The molecule has 1 unspecified atom stereocenters. The maximum atomic E-state index is 12.6. The molecule has 1 aromatic carbocycles. The summed E-state index contributed by atoms with van der Waals surface area (Å²) in [6, 6.07) is 8.78. The molecule has 2 aliphatic heterocycles. The molecule has 2 aliphatic rings. The van der Waals surface area contributed by atoms with Gasteiger partial charge in [-0.3, -0.25) is 4.79 Å². The van der Waals surface area contributed by atoms with Crippen LogP contribution in [-0.4, -0.2) is 47.7 Å². The summed E-state index contributed by atoms with van der Waals surface area (Å²) in [5.41, 5.74) is 0.845. The first-order chi connectivity index (χ1) is 10.6. The Morgan fingerprint density at radius 3 is 2.55 bits per heavy atom. The van der Waals surface area contributed by atoms with E-state index in [1.165, 1.54) is 0 Å². The first-order valence-corrected chi connectivity index (χ1v) is 7.74. The molecular weight excluding hydrogens is 282 g/mol. The van der Waals surface area contributed by atoms with Crippen LogP contribution in [0, 0.1) is 5.41 Å². The fraction of sp³-hybridized carbons (Fsp3) is 0.529. The average Bonchev–Trinajstić information content (AvgIpc) is 2.89. The van der Waals surface area contributed by atoms with Crippen molar-refractivity contribution in [2.45, 2.75) is 31.7 Å². The molecule has 2 fully saturated rings. The number of carbonyl (C=O) groups is 2. The quantitative estimate of drug-likeness (QED) is 0.923. The number of carboxylic acids is 1. The third-order valence-corrected chi connectivity index (χ3v) is 4.87. The lowest BCUT2D eigenvalue weighted by atomic mass is 9.78. The van der Waals surface area contributed by atoms with Crippen molar-refractivity contribution in [3.05, 3.63) is 35.9 Å². The van der Waals surface area contributed by atoms with E-state index in [1.807, 2.05) is 30.3 Å². The topological polar surface area (TPSA) is 66.8 Å². The van der Waals surface area contributed by atoms with Gasteiger partial charge in [0.15, 0.2) is 0 Å². The second kappa shape index (κ2) is 6.08. The SMILES string of the molecule is O=C(O)C1CC2(CCOCC2)CN1C(=O)Cc1ccccc1. The van der Waals surface area contributed by atoms with Gasteiger partial charge in [-0.25, -0.2) is 4.79 Å². The fourth-order valence-corrected chi connectivity index (χ4v) is 3.58. The smallest absolute Gasteiger partial charge is 0.326 e. The maximum absolute atomic E-state index is 12.6. The molecule has 1 spiro atoms. The van der Waals surface area contributed by atoms with Gasteiger partial charge in [-0.1, -0.05) is 30.3 Å². The van der Waals surface area contributed by atoms with E-state index in [2.05, 4.69) is 0 Å². The van der Waals surface area contributed by atoms with Crippen LogP contribution in [0.15, 0.2) is 30.3 Å². The first kappa shape index (κ1) is 15.0. The normalized spacial score (nSPS) is 23.6. The zero-order valence-electron chi connectivity index (χ0n) is 12.5. The van der Waals surface area contributed by atoms with E-state index in [4.69, 9.17) is 4.74 Å². The van der Waals surface area contributed by atoms with Crippen molar-refractivity contribution in [3.8, 4) is 0 Å². The van der Waals surface area contributed by atoms with E-state index in [0.717, 1.165) is 18.4 Å². The van der Waals surface area contributed by atoms with E-state index in [1.54, 1.807) is 4.90 Å². The molecule has 1 amide bonds. The summed E-state index contributed by atoms with van der Waals surface area (Å²) >= 11 is 0. The summed E-state index contributed by atoms with van der Waals surface area (Å²) in [6.45, 7) is 1.86. The highest BCUT2D eigenvalue weighted by Crippen LogP contribution is 2.43. The molecule has 22 heavy (non-hydrogen) atoms. The highest BCUT2D eigenvalue weighted by molar-refractivity contribution is 5.85. The van der Waals surface area contributed by atoms with Gasteiger partial charge in [0.1, 0.15) is 6.04 Å². The zero-order valence-corrected chi connectivity index (χ0v) is 12.5. The largest absolute Gasteiger partial charge is 0.480 e. The van der Waals surface area contributed by atoms with Crippen molar-refractivity contribution in [2.75, 3.05) is 19.8 Å². The number of nitrogens with zero attached hydrogens (tertiary/aromatic N) is 1. The molecule has 2 saturated heterocycles. The number of carboxylic acid groups (broad SMARTS) is 1. The summed E-state index contributed by atoms with van der Waals surface area (Å²) in [5, 5.41) is 9.49. The molecular formula is C17H21NO4. The molecule has 0 aromatic heterocycles. The number of carbonyl (C=O) groups excluding carboxylic acids is 1. The van der Waals surface area contributed by atoms with Crippen LogP contribution >= 0.6 is 0 Å². The number of rotatable bonds is 3. The number of hydrogen-bond acceptors (Lipinski definition) is 3. The molecule has 5 nitrogen and oxygen atoms in total. The molecule has 2 heterocycles. The molecule has 1 N–H and O–H groups in total.